The normalized spacial score (nSPS) is 10.6. The van der Waals surface area contributed by atoms with Crippen molar-refractivity contribution in [2.75, 3.05) is 5.32 Å². The molecule has 1 N–H and O–H groups in total. The molecule has 3 rings (SSSR count). The van der Waals surface area contributed by atoms with Crippen LogP contribution in [0.3, 0.4) is 0 Å². The van der Waals surface area contributed by atoms with Crippen LogP contribution >= 0.6 is 43.5 Å². The first-order valence-corrected chi connectivity index (χ1v) is 8.99. The Kier molecular flexibility index (Phi) is 5.40. The molecule has 0 saturated carbocycles. The van der Waals surface area contributed by atoms with E-state index in [-0.39, 0.29) is 22.1 Å². The highest BCUT2D eigenvalue weighted by Crippen LogP contribution is 2.32. The van der Waals surface area contributed by atoms with Crippen molar-refractivity contribution < 1.29 is 14.5 Å². The van der Waals surface area contributed by atoms with Gasteiger partial charge in [0.1, 0.15) is 15.1 Å². The van der Waals surface area contributed by atoms with E-state index < -0.39 is 11.0 Å². The highest BCUT2D eigenvalue weighted by Gasteiger charge is 2.16. The van der Waals surface area contributed by atoms with Crippen LogP contribution in [0, 0.1) is 10.1 Å². The Bertz CT molecular complexity index is 1050. The highest BCUT2D eigenvalue weighted by molar-refractivity contribution is 9.11. The lowest BCUT2D eigenvalue weighted by molar-refractivity contribution is -0.384. The van der Waals surface area contributed by atoms with E-state index in [1.165, 1.54) is 12.1 Å². The number of hydrogen-bond donors (Lipinski definition) is 1. The van der Waals surface area contributed by atoms with Gasteiger partial charge in [-0.15, -0.1) is 0 Å². The summed E-state index contributed by atoms with van der Waals surface area (Å²) in [5.41, 5.74) is 0.344. The number of nitrogens with zero attached hydrogens (tertiary/aromatic N) is 2. The second-order valence-corrected chi connectivity index (χ2v) is 7.09. The predicted molar refractivity (Wildman–Crippen MR) is 105 cm³/mol. The van der Waals surface area contributed by atoms with Gasteiger partial charge in [-0.25, -0.2) is 9.78 Å². The number of amides is 1. The maximum atomic E-state index is 12.2. The van der Waals surface area contributed by atoms with Gasteiger partial charge >= 0.3 is 6.09 Å². The Morgan fingerprint density at radius 3 is 2.73 bits per heavy atom. The fourth-order valence-electron chi connectivity index (χ4n) is 2.21. The summed E-state index contributed by atoms with van der Waals surface area (Å²) in [6.45, 7) is 0. The lowest BCUT2D eigenvalue weighted by Gasteiger charge is -2.10. The molecule has 26 heavy (non-hydrogen) atoms. The van der Waals surface area contributed by atoms with Gasteiger partial charge < -0.3 is 4.74 Å². The van der Waals surface area contributed by atoms with E-state index in [2.05, 4.69) is 42.2 Å². The second kappa shape index (κ2) is 7.56. The molecule has 0 saturated heterocycles. The number of nitrogens with one attached hydrogen (secondary N) is 1. The Labute approximate surface area is 168 Å². The number of aromatic nitrogens is 1. The summed E-state index contributed by atoms with van der Waals surface area (Å²) in [7, 11) is 0. The first kappa shape index (κ1) is 18.6. The Morgan fingerprint density at radius 1 is 1.23 bits per heavy atom. The van der Waals surface area contributed by atoms with Gasteiger partial charge in [0, 0.05) is 15.9 Å². The van der Waals surface area contributed by atoms with Crippen molar-refractivity contribution in [1.29, 1.82) is 0 Å². The SMILES string of the molecule is O=C(Nc1ccc(Cl)c([N+](=O)[O-])c1)Oc1cccc2c(Br)cc(Br)nc12. The molecule has 0 atom stereocenters. The monoisotopic (exact) mass is 499 g/mol. The molecule has 0 fully saturated rings. The second-order valence-electron chi connectivity index (χ2n) is 5.02. The molecule has 0 unspecified atom stereocenters. The van der Waals surface area contributed by atoms with Gasteiger partial charge in [-0.3, -0.25) is 15.4 Å². The molecular formula is C16H8Br2ClN3O4. The fraction of sp³-hybridized carbons (Fsp3) is 0. The maximum absolute atomic E-state index is 12.2. The number of carbonyl (C=O) groups is 1. The number of nitro benzene ring substituents is 1. The van der Waals surface area contributed by atoms with Crippen molar-refractivity contribution in [2.24, 2.45) is 0 Å². The minimum absolute atomic E-state index is 0.0260. The van der Waals surface area contributed by atoms with Crippen molar-refractivity contribution in [2.45, 2.75) is 0 Å². The molecule has 0 aliphatic rings. The Hall–Kier alpha value is -2.23. The quantitative estimate of drug-likeness (QED) is 0.273. The zero-order valence-corrected chi connectivity index (χ0v) is 16.6. The van der Waals surface area contributed by atoms with Crippen molar-refractivity contribution in [3.63, 3.8) is 0 Å². The van der Waals surface area contributed by atoms with E-state index >= 15 is 0 Å². The number of benzene rings is 2. The molecule has 1 heterocycles. The summed E-state index contributed by atoms with van der Waals surface area (Å²) in [5, 5.41) is 14.1. The van der Waals surface area contributed by atoms with Crippen LogP contribution in [-0.2, 0) is 0 Å². The smallest absolute Gasteiger partial charge is 0.408 e. The largest absolute Gasteiger partial charge is 0.417 e. The van der Waals surface area contributed by atoms with Crippen LogP contribution in [0.5, 0.6) is 5.75 Å². The zero-order chi connectivity index (χ0) is 18.8. The zero-order valence-electron chi connectivity index (χ0n) is 12.7. The molecule has 1 amide bonds. The molecule has 0 aliphatic carbocycles. The van der Waals surface area contributed by atoms with E-state index in [9.17, 15) is 14.9 Å². The van der Waals surface area contributed by atoms with Crippen LogP contribution in [0.1, 0.15) is 0 Å². The number of rotatable bonds is 3. The van der Waals surface area contributed by atoms with Gasteiger partial charge in [0.05, 0.1) is 10.6 Å². The van der Waals surface area contributed by atoms with Crippen LogP contribution < -0.4 is 10.1 Å². The summed E-state index contributed by atoms with van der Waals surface area (Å²) in [4.78, 5) is 26.8. The molecule has 2 aromatic carbocycles. The van der Waals surface area contributed by atoms with E-state index in [1.54, 1.807) is 18.2 Å². The van der Waals surface area contributed by atoms with Gasteiger partial charge in [-0.2, -0.15) is 0 Å². The number of hydrogen-bond acceptors (Lipinski definition) is 5. The van der Waals surface area contributed by atoms with Crippen LogP contribution in [-0.4, -0.2) is 16.0 Å². The first-order valence-electron chi connectivity index (χ1n) is 7.02. The molecule has 0 bridgehead atoms. The van der Waals surface area contributed by atoms with Crippen molar-refractivity contribution in [3.8, 4) is 5.75 Å². The number of halogens is 3. The third kappa shape index (κ3) is 3.95. The first-order chi connectivity index (χ1) is 12.3. The van der Waals surface area contributed by atoms with E-state index in [1.807, 2.05) is 6.07 Å². The number of anilines is 1. The molecule has 0 radical (unpaired) electrons. The number of ether oxygens (including phenoxy) is 1. The van der Waals surface area contributed by atoms with Gasteiger partial charge in [0.15, 0.2) is 5.75 Å². The number of fused-ring (bicyclic) bond motifs is 1. The van der Waals surface area contributed by atoms with Crippen LogP contribution in [0.25, 0.3) is 10.9 Å². The topological polar surface area (TPSA) is 94.4 Å². The third-order valence-electron chi connectivity index (χ3n) is 3.31. The lowest BCUT2D eigenvalue weighted by Crippen LogP contribution is -2.17. The standard InChI is InChI=1S/C16H8Br2ClN3O4/c17-10-7-14(18)21-15-9(10)2-1-3-13(15)26-16(23)20-8-4-5-11(19)12(6-8)22(24)25/h1-7H,(H,20,23). The summed E-state index contributed by atoms with van der Waals surface area (Å²) in [6.07, 6.45) is -0.813. The van der Waals surface area contributed by atoms with Crippen LogP contribution in [0.2, 0.25) is 5.02 Å². The minimum Gasteiger partial charge on any atom is -0.408 e. The molecular weight excluding hydrogens is 493 g/mol. The van der Waals surface area contributed by atoms with Gasteiger partial charge in [-0.1, -0.05) is 23.7 Å². The van der Waals surface area contributed by atoms with Gasteiger partial charge in [-0.05, 0) is 56.1 Å². The summed E-state index contributed by atoms with van der Waals surface area (Å²) < 4.78 is 6.67. The molecule has 3 aromatic rings. The number of nitro groups is 1. The number of para-hydroxylation sites is 1. The minimum atomic E-state index is -0.813. The maximum Gasteiger partial charge on any atom is 0.417 e. The summed E-state index contributed by atoms with van der Waals surface area (Å²) in [6, 6.07) is 10.8. The summed E-state index contributed by atoms with van der Waals surface area (Å²) >= 11 is 12.5. The molecule has 7 nitrogen and oxygen atoms in total. The molecule has 0 spiro atoms. The Morgan fingerprint density at radius 2 is 2.00 bits per heavy atom. The highest BCUT2D eigenvalue weighted by atomic mass is 79.9. The van der Waals surface area contributed by atoms with Crippen molar-refractivity contribution in [1.82, 2.24) is 4.98 Å². The van der Waals surface area contributed by atoms with Gasteiger partial charge in [0.25, 0.3) is 5.69 Å². The van der Waals surface area contributed by atoms with E-state index in [4.69, 9.17) is 16.3 Å². The van der Waals surface area contributed by atoms with Crippen LogP contribution in [0.15, 0.2) is 51.5 Å². The molecule has 1 aromatic heterocycles. The summed E-state index contributed by atoms with van der Waals surface area (Å²) in [5.74, 6) is 0.241. The van der Waals surface area contributed by atoms with Crippen LogP contribution in [0.4, 0.5) is 16.2 Å². The van der Waals surface area contributed by atoms with Crippen molar-refractivity contribution in [3.05, 3.63) is 66.7 Å². The fourth-order valence-corrected chi connectivity index (χ4v) is 3.64. The average Bonchev–Trinajstić information content (AvgIpc) is 2.57. The van der Waals surface area contributed by atoms with Crippen molar-refractivity contribution >= 4 is 71.8 Å². The molecule has 0 aliphatic heterocycles. The van der Waals surface area contributed by atoms with E-state index in [0.717, 1.165) is 15.9 Å². The Balaban J connectivity index is 1.86. The average molecular weight is 502 g/mol. The number of carbonyl (C=O) groups excluding carboxylic acids is 1. The number of pyridine rings is 1. The molecule has 132 valence electrons. The predicted octanol–water partition coefficient (Wildman–Crippen LogP) is 5.93. The lowest BCUT2D eigenvalue weighted by atomic mass is 10.2. The van der Waals surface area contributed by atoms with E-state index in [0.29, 0.717) is 10.1 Å². The van der Waals surface area contributed by atoms with Gasteiger partial charge in [0.2, 0.25) is 0 Å². The molecule has 10 heteroatoms. The third-order valence-corrected chi connectivity index (χ3v) is 4.69.